The smallest absolute Gasteiger partial charge is 0.256 e. The quantitative estimate of drug-likeness (QED) is 0.290. The van der Waals surface area contributed by atoms with E-state index in [4.69, 9.17) is 0 Å². The number of aromatic nitrogens is 2. The average Bonchev–Trinajstić information content (AvgIpc) is 3.21. The van der Waals surface area contributed by atoms with E-state index in [1.54, 1.807) is 6.20 Å². The maximum Gasteiger partial charge on any atom is 0.256 e. The van der Waals surface area contributed by atoms with Crippen molar-refractivity contribution in [3.8, 4) is 0 Å². The Balaban J connectivity index is 1.54. The van der Waals surface area contributed by atoms with E-state index < -0.39 is 0 Å². The summed E-state index contributed by atoms with van der Waals surface area (Å²) in [6.45, 7) is 0.633. The van der Waals surface area contributed by atoms with E-state index in [2.05, 4.69) is 26.3 Å². The number of hydrogen-bond acceptors (Lipinski definition) is 2. The second-order valence-electron chi connectivity index (χ2n) is 6.84. The summed E-state index contributed by atoms with van der Waals surface area (Å²) in [5.41, 5.74) is 4.22. The predicted octanol–water partition coefficient (Wildman–Crippen LogP) is 5.87. The van der Waals surface area contributed by atoms with Gasteiger partial charge in [0.05, 0.1) is 18.4 Å². The van der Waals surface area contributed by atoms with Crippen LogP contribution < -0.4 is 5.32 Å². The van der Waals surface area contributed by atoms with Crippen molar-refractivity contribution in [2.24, 2.45) is 0 Å². The number of carbonyl (C=O) groups is 1. The van der Waals surface area contributed by atoms with Crippen molar-refractivity contribution in [2.45, 2.75) is 6.54 Å². The molecule has 1 N–H and O–H groups in total. The lowest BCUT2D eigenvalue weighted by Crippen LogP contribution is -2.13. The average molecular weight is 458 g/mol. The monoisotopic (exact) mass is 457 g/mol. The normalized spacial score (nSPS) is 11.3. The van der Waals surface area contributed by atoms with Gasteiger partial charge in [-0.25, -0.2) is 0 Å². The summed E-state index contributed by atoms with van der Waals surface area (Å²) in [5, 5.41) is 7.35. The van der Waals surface area contributed by atoms with Crippen LogP contribution in [0.15, 0.2) is 102 Å². The van der Waals surface area contributed by atoms with E-state index in [1.807, 2.05) is 102 Å². The van der Waals surface area contributed by atoms with Crippen LogP contribution in [0.25, 0.3) is 11.6 Å². The molecule has 0 bridgehead atoms. The van der Waals surface area contributed by atoms with Gasteiger partial charge in [-0.05, 0) is 34.9 Å². The Kier molecular flexibility index (Phi) is 6.20. The zero-order valence-corrected chi connectivity index (χ0v) is 17.8. The van der Waals surface area contributed by atoms with Crippen LogP contribution in [0.2, 0.25) is 0 Å². The lowest BCUT2D eigenvalue weighted by atomic mass is 10.0. The third-order valence-corrected chi connectivity index (χ3v) is 5.12. The van der Waals surface area contributed by atoms with Gasteiger partial charge in [0, 0.05) is 16.2 Å². The Morgan fingerprint density at radius 3 is 2.30 bits per heavy atom. The van der Waals surface area contributed by atoms with E-state index in [-0.39, 0.29) is 5.91 Å². The maximum absolute atomic E-state index is 13.1. The first-order valence-corrected chi connectivity index (χ1v) is 10.4. The number of nitrogens with one attached hydrogen (secondary N) is 1. The van der Waals surface area contributed by atoms with Gasteiger partial charge in [0.15, 0.2) is 0 Å². The van der Waals surface area contributed by atoms with Crippen LogP contribution in [0.5, 0.6) is 0 Å². The molecule has 5 heteroatoms. The summed E-state index contributed by atoms with van der Waals surface area (Å²) in [5.74, 6) is -0.173. The number of amides is 1. The van der Waals surface area contributed by atoms with Gasteiger partial charge in [0.1, 0.15) is 0 Å². The summed E-state index contributed by atoms with van der Waals surface area (Å²) in [6, 6.07) is 27.6. The number of nitrogens with zero attached hydrogens (tertiary/aromatic N) is 2. The zero-order chi connectivity index (χ0) is 20.8. The second kappa shape index (κ2) is 9.37. The molecule has 0 saturated carbocycles. The van der Waals surface area contributed by atoms with E-state index in [0.29, 0.717) is 17.8 Å². The predicted molar refractivity (Wildman–Crippen MR) is 125 cm³/mol. The van der Waals surface area contributed by atoms with Crippen LogP contribution in [0, 0.1) is 0 Å². The molecule has 0 aliphatic rings. The highest BCUT2D eigenvalue weighted by atomic mass is 79.9. The molecule has 4 rings (SSSR count). The van der Waals surface area contributed by atoms with Crippen molar-refractivity contribution >= 4 is 39.2 Å². The molecule has 3 aromatic carbocycles. The van der Waals surface area contributed by atoms with E-state index in [0.717, 1.165) is 21.2 Å². The molecule has 30 heavy (non-hydrogen) atoms. The fraction of sp³-hybridized carbons (Fsp3) is 0.0400. The van der Waals surface area contributed by atoms with Gasteiger partial charge in [0.25, 0.3) is 5.91 Å². The Morgan fingerprint density at radius 2 is 1.60 bits per heavy atom. The second-order valence-corrected chi connectivity index (χ2v) is 7.76. The zero-order valence-electron chi connectivity index (χ0n) is 16.2. The van der Waals surface area contributed by atoms with Crippen LogP contribution in [0.4, 0.5) is 5.69 Å². The molecule has 0 unspecified atom stereocenters. The van der Waals surface area contributed by atoms with Crippen molar-refractivity contribution in [1.29, 1.82) is 0 Å². The van der Waals surface area contributed by atoms with Gasteiger partial charge in [-0.15, -0.1) is 0 Å². The van der Waals surface area contributed by atoms with Crippen molar-refractivity contribution in [1.82, 2.24) is 9.78 Å². The molecule has 1 heterocycles. The third kappa shape index (κ3) is 5.13. The van der Waals surface area contributed by atoms with E-state index in [9.17, 15) is 4.79 Å². The van der Waals surface area contributed by atoms with Crippen LogP contribution in [-0.4, -0.2) is 15.7 Å². The fourth-order valence-electron chi connectivity index (χ4n) is 3.10. The number of hydrogen-bond donors (Lipinski definition) is 1. The first kappa shape index (κ1) is 19.9. The van der Waals surface area contributed by atoms with Gasteiger partial charge >= 0.3 is 0 Å². The number of benzene rings is 3. The number of anilines is 1. The SMILES string of the molecule is O=C(Nc1cnn(Cc2ccc(Br)cc2)c1)/C(=C\c1ccccc1)c1ccccc1. The van der Waals surface area contributed by atoms with Crippen LogP contribution in [0.3, 0.4) is 0 Å². The molecule has 148 valence electrons. The van der Waals surface area contributed by atoms with Crippen LogP contribution >= 0.6 is 15.9 Å². The summed E-state index contributed by atoms with van der Waals surface area (Å²) < 4.78 is 2.85. The molecule has 0 aliphatic carbocycles. The Bertz CT molecular complexity index is 1150. The topological polar surface area (TPSA) is 46.9 Å². The Labute approximate surface area is 184 Å². The van der Waals surface area contributed by atoms with Crippen molar-refractivity contribution in [2.75, 3.05) is 5.32 Å². The van der Waals surface area contributed by atoms with Crippen molar-refractivity contribution in [3.05, 3.63) is 118 Å². The van der Waals surface area contributed by atoms with Crippen LogP contribution in [0.1, 0.15) is 16.7 Å². The van der Waals surface area contributed by atoms with Gasteiger partial charge < -0.3 is 5.32 Å². The first-order valence-electron chi connectivity index (χ1n) is 9.58. The summed E-state index contributed by atoms with van der Waals surface area (Å²) in [6.07, 6.45) is 5.41. The van der Waals surface area contributed by atoms with Gasteiger partial charge in [-0.2, -0.15) is 5.10 Å². The van der Waals surface area contributed by atoms with Gasteiger partial charge in [0.2, 0.25) is 0 Å². The molecular weight excluding hydrogens is 438 g/mol. The molecule has 0 saturated heterocycles. The van der Waals surface area contributed by atoms with E-state index in [1.165, 1.54) is 0 Å². The molecule has 0 radical (unpaired) electrons. The van der Waals surface area contributed by atoms with Gasteiger partial charge in [-0.1, -0.05) is 88.7 Å². The number of carbonyl (C=O) groups excluding carboxylic acids is 1. The molecule has 4 nitrogen and oxygen atoms in total. The minimum atomic E-state index is -0.173. The van der Waals surface area contributed by atoms with Crippen molar-refractivity contribution < 1.29 is 4.79 Å². The number of rotatable bonds is 6. The minimum absolute atomic E-state index is 0.173. The molecule has 0 atom stereocenters. The molecule has 0 aliphatic heterocycles. The maximum atomic E-state index is 13.1. The Morgan fingerprint density at radius 1 is 0.933 bits per heavy atom. The lowest BCUT2D eigenvalue weighted by Gasteiger charge is -2.08. The first-order chi connectivity index (χ1) is 14.7. The Hall–Kier alpha value is -3.44. The molecule has 1 aromatic heterocycles. The van der Waals surface area contributed by atoms with Gasteiger partial charge in [-0.3, -0.25) is 9.48 Å². The highest BCUT2D eigenvalue weighted by Crippen LogP contribution is 2.21. The largest absolute Gasteiger partial charge is 0.319 e. The summed E-state index contributed by atoms with van der Waals surface area (Å²) >= 11 is 3.44. The summed E-state index contributed by atoms with van der Waals surface area (Å²) in [4.78, 5) is 13.1. The molecular formula is C25H20BrN3O. The highest BCUT2D eigenvalue weighted by molar-refractivity contribution is 9.10. The molecule has 1 amide bonds. The fourth-order valence-corrected chi connectivity index (χ4v) is 3.37. The third-order valence-electron chi connectivity index (χ3n) is 4.59. The van der Waals surface area contributed by atoms with Crippen LogP contribution in [-0.2, 0) is 11.3 Å². The standard InChI is InChI=1S/C25H20BrN3O/c26-22-13-11-20(12-14-22)17-29-18-23(16-27-29)28-25(30)24(21-9-5-2-6-10-21)15-19-7-3-1-4-8-19/h1-16,18H,17H2,(H,28,30)/b24-15-. The van der Waals surface area contributed by atoms with E-state index >= 15 is 0 Å². The molecule has 4 aromatic rings. The molecule has 0 fully saturated rings. The van der Waals surface area contributed by atoms with Crippen molar-refractivity contribution in [3.63, 3.8) is 0 Å². The number of halogens is 1. The lowest BCUT2D eigenvalue weighted by molar-refractivity contribution is -0.111. The summed E-state index contributed by atoms with van der Waals surface area (Å²) in [7, 11) is 0. The molecule has 0 spiro atoms. The highest BCUT2D eigenvalue weighted by Gasteiger charge is 2.13. The minimum Gasteiger partial charge on any atom is -0.319 e.